The van der Waals surface area contributed by atoms with Crippen molar-refractivity contribution in [3.8, 4) is 11.1 Å². The number of anilines is 1. The third-order valence-electron chi connectivity index (χ3n) is 4.62. The van der Waals surface area contributed by atoms with Gasteiger partial charge in [0, 0.05) is 16.1 Å². The minimum atomic E-state index is -0.888. The highest BCUT2D eigenvalue weighted by Crippen LogP contribution is 2.28. The summed E-state index contributed by atoms with van der Waals surface area (Å²) < 4.78 is 5.34. The van der Waals surface area contributed by atoms with Crippen LogP contribution in [0.25, 0.3) is 11.1 Å². The molecule has 3 aromatic rings. The first-order valence-electron chi connectivity index (χ1n) is 9.79. The van der Waals surface area contributed by atoms with E-state index in [1.54, 1.807) is 6.92 Å². The summed E-state index contributed by atoms with van der Waals surface area (Å²) in [6, 6.07) is 23.5. The molecule has 3 aromatic carbocycles. The Kier molecular flexibility index (Phi) is 7.31. The number of ether oxygens (including phenoxy) is 1. The summed E-state index contributed by atoms with van der Waals surface area (Å²) in [6.07, 6.45) is -0.888. The molecule has 0 saturated carbocycles. The molecule has 1 N–H and O–H groups in total. The fourth-order valence-corrected chi connectivity index (χ4v) is 3.87. The molecule has 154 valence electrons. The maximum Gasteiger partial charge on any atom is 0.317 e. The Morgan fingerprint density at radius 1 is 0.967 bits per heavy atom. The fraction of sp³-hybridized carbons (Fsp3) is 0.200. The predicted molar refractivity (Wildman–Crippen MR) is 123 cm³/mol. The van der Waals surface area contributed by atoms with Crippen LogP contribution in [-0.4, -0.2) is 23.7 Å². The van der Waals surface area contributed by atoms with E-state index >= 15 is 0 Å². The SMILES string of the molecule is Cc1ccc(SCC(=O)O[C@@H](C)C(=O)Nc2ccccc2-c2ccccc2)c(C)c1. The second-order valence-electron chi connectivity index (χ2n) is 7.09. The maximum atomic E-state index is 12.6. The van der Waals surface area contributed by atoms with E-state index in [0.29, 0.717) is 5.69 Å². The zero-order valence-electron chi connectivity index (χ0n) is 17.3. The number of hydrogen-bond donors (Lipinski definition) is 1. The summed E-state index contributed by atoms with van der Waals surface area (Å²) in [4.78, 5) is 25.9. The second-order valence-corrected chi connectivity index (χ2v) is 8.11. The number of thioether (sulfide) groups is 1. The molecule has 1 atom stereocenters. The van der Waals surface area contributed by atoms with Crippen molar-refractivity contribution in [1.82, 2.24) is 0 Å². The molecule has 0 fully saturated rings. The van der Waals surface area contributed by atoms with Crippen LogP contribution in [0.1, 0.15) is 18.1 Å². The first-order valence-corrected chi connectivity index (χ1v) is 10.8. The van der Waals surface area contributed by atoms with Gasteiger partial charge in [-0.1, -0.05) is 66.2 Å². The molecule has 0 spiro atoms. The maximum absolute atomic E-state index is 12.6. The molecular weight excluding hydrogens is 394 g/mol. The predicted octanol–water partition coefficient (Wildman–Crippen LogP) is 5.63. The number of hydrogen-bond acceptors (Lipinski definition) is 4. The highest BCUT2D eigenvalue weighted by atomic mass is 32.2. The van der Waals surface area contributed by atoms with Gasteiger partial charge in [-0.2, -0.15) is 0 Å². The largest absolute Gasteiger partial charge is 0.452 e. The summed E-state index contributed by atoms with van der Waals surface area (Å²) in [5, 5.41) is 2.88. The van der Waals surface area contributed by atoms with Crippen LogP contribution in [0, 0.1) is 13.8 Å². The van der Waals surface area contributed by atoms with Gasteiger partial charge >= 0.3 is 5.97 Å². The molecule has 0 aliphatic heterocycles. The molecule has 3 rings (SSSR count). The van der Waals surface area contributed by atoms with Gasteiger partial charge in [-0.3, -0.25) is 9.59 Å². The van der Waals surface area contributed by atoms with Crippen LogP contribution in [0.5, 0.6) is 0 Å². The molecule has 0 saturated heterocycles. The van der Waals surface area contributed by atoms with Gasteiger partial charge in [0.1, 0.15) is 0 Å². The molecule has 0 heterocycles. The van der Waals surface area contributed by atoms with Crippen molar-refractivity contribution >= 4 is 29.3 Å². The van der Waals surface area contributed by atoms with Crippen LogP contribution >= 0.6 is 11.8 Å². The molecule has 1 amide bonds. The molecule has 0 aliphatic rings. The highest BCUT2D eigenvalue weighted by Gasteiger charge is 2.19. The summed E-state index contributed by atoms with van der Waals surface area (Å²) in [6.45, 7) is 5.63. The number of esters is 1. The van der Waals surface area contributed by atoms with E-state index in [1.165, 1.54) is 17.3 Å². The van der Waals surface area contributed by atoms with E-state index in [0.717, 1.165) is 21.6 Å². The van der Waals surface area contributed by atoms with Crippen LogP contribution in [0.4, 0.5) is 5.69 Å². The van der Waals surface area contributed by atoms with Crippen LogP contribution in [-0.2, 0) is 14.3 Å². The first-order chi connectivity index (χ1) is 14.4. The Balaban J connectivity index is 1.58. The smallest absolute Gasteiger partial charge is 0.317 e. The van der Waals surface area contributed by atoms with E-state index in [2.05, 4.69) is 11.4 Å². The van der Waals surface area contributed by atoms with E-state index in [9.17, 15) is 9.59 Å². The molecule has 5 heteroatoms. The lowest BCUT2D eigenvalue weighted by Crippen LogP contribution is -2.30. The van der Waals surface area contributed by atoms with Crippen LogP contribution in [0.3, 0.4) is 0 Å². The number of para-hydroxylation sites is 1. The zero-order chi connectivity index (χ0) is 21.5. The summed E-state index contributed by atoms with van der Waals surface area (Å²) >= 11 is 1.42. The Morgan fingerprint density at radius 2 is 1.67 bits per heavy atom. The molecular formula is C25H25NO3S. The van der Waals surface area contributed by atoms with Crippen molar-refractivity contribution < 1.29 is 14.3 Å². The standard InChI is InChI=1S/C25H25NO3S/c1-17-13-14-23(18(2)15-17)30-16-24(27)29-19(3)25(28)26-22-12-8-7-11-21(22)20-9-5-4-6-10-20/h4-15,19H,16H2,1-3H3,(H,26,28)/t19-/m0/s1. The van der Waals surface area contributed by atoms with Crippen molar-refractivity contribution in [3.63, 3.8) is 0 Å². The summed E-state index contributed by atoms with van der Waals surface area (Å²) in [5.41, 5.74) is 4.90. The van der Waals surface area contributed by atoms with Crippen molar-refractivity contribution in [2.75, 3.05) is 11.1 Å². The number of aryl methyl sites for hydroxylation is 2. The van der Waals surface area contributed by atoms with E-state index in [-0.39, 0.29) is 11.7 Å². The van der Waals surface area contributed by atoms with E-state index in [4.69, 9.17) is 4.74 Å². The summed E-state index contributed by atoms with van der Waals surface area (Å²) in [7, 11) is 0. The van der Waals surface area contributed by atoms with Gasteiger partial charge < -0.3 is 10.1 Å². The number of carbonyl (C=O) groups is 2. The number of amides is 1. The van der Waals surface area contributed by atoms with Gasteiger partial charge in [-0.25, -0.2) is 0 Å². The molecule has 0 aromatic heterocycles. The molecule has 30 heavy (non-hydrogen) atoms. The lowest BCUT2D eigenvalue weighted by Gasteiger charge is -2.16. The van der Waals surface area contributed by atoms with Crippen LogP contribution in [0.15, 0.2) is 77.7 Å². The van der Waals surface area contributed by atoms with Gasteiger partial charge in [0.25, 0.3) is 5.91 Å². The topological polar surface area (TPSA) is 55.4 Å². The van der Waals surface area contributed by atoms with Gasteiger partial charge in [0.05, 0.1) is 5.75 Å². The second kappa shape index (κ2) is 10.1. The molecule has 0 aliphatic carbocycles. The van der Waals surface area contributed by atoms with Gasteiger partial charge in [0.2, 0.25) is 0 Å². The normalized spacial score (nSPS) is 11.6. The van der Waals surface area contributed by atoms with Crippen molar-refractivity contribution in [2.45, 2.75) is 31.8 Å². The van der Waals surface area contributed by atoms with Crippen molar-refractivity contribution in [2.24, 2.45) is 0 Å². The third-order valence-corrected chi connectivity index (χ3v) is 5.77. The lowest BCUT2D eigenvalue weighted by atomic mass is 10.0. The van der Waals surface area contributed by atoms with E-state index in [1.807, 2.05) is 80.6 Å². The Morgan fingerprint density at radius 3 is 2.40 bits per heavy atom. The van der Waals surface area contributed by atoms with Crippen molar-refractivity contribution in [3.05, 3.63) is 83.9 Å². The monoisotopic (exact) mass is 419 g/mol. The number of rotatable bonds is 7. The van der Waals surface area contributed by atoms with Gasteiger partial charge in [-0.05, 0) is 44.0 Å². The Bertz CT molecular complexity index is 1030. The number of nitrogens with one attached hydrogen (secondary N) is 1. The minimum Gasteiger partial charge on any atom is -0.452 e. The van der Waals surface area contributed by atoms with Crippen molar-refractivity contribution in [1.29, 1.82) is 0 Å². The average Bonchev–Trinajstić information content (AvgIpc) is 2.74. The number of carbonyl (C=O) groups excluding carboxylic acids is 2. The van der Waals surface area contributed by atoms with Gasteiger partial charge in [-0.15, -0.1) is 11.8 Å². The fourth-order valence-electron chi connectivity index (χ4n) is 3.08. The molecule has 0 bridgehead atoms. The summed E-state index contributed by atoms with van der Waals surface area (Å²) in [5.74, 6) is -0.621. The Labute approximate surface area is 181 Å². The zero-order valence-corrected chi connectivity index (χ0v) is 18.2. The quantitative estimate of drug-likeness (QED) is 0.398. The first kappa shape index (κ1) is 21.7. The number of benzene rings is 3. The minimum absolute atomic E-state index is 0.155. The third kappa shape index (κ3) is 5.74. The molecule has 0 unspecified atom stereocenters. The van der Waals surface area contributed by atoms with Gasteiger partial charge in [0.15, 0.2) is 6.10 Å². The van der Waals surface area contributed by atoms with Crippen LogP contribution < -0.4 is 5.32 Å². The molecule has 4 nitrogen and oxygen atoms in total. The van der Waals surface area contributed by atoms with Crippen LogP contribution in [0.2, 0.25) is 0 Å². The lowest BCUT2D eigenvalue weighted by molar-refractivity contribution is -0.150. The Hall–Kier alpha value is -3.05. The van der Waals surface area contributed by atoms with E-state index < -0.39 is 12.1 Å². The average molecular weight is 420 g/mol. The molecule has 0 radical (unpaired) electrons. The highest BCUT2D eigenvalue weighted by molar-refractivity contribution is 8.00.